The van der Waals surface area contributed by atoms with Crippen molar-refractivity contribution in [3.8, 4) is 6.07 Å². The van der Waals surface area contributed by atoms with Crippen molar-refractivity contribution in [1.29, 1.82) is 5.26 Å². The maximum atomic E-state index is 13.0. The van der Waals surface area contributed by atoms with Crippen molar-refractivity contribution in [3.05, 3.63) is 29.0 Å². The quantitative estimate of drug-likeness (QED) is 0.891. The second kappa shape index (κ2) is 4.95. The van der Waals surface area contributed by atoms with E-state index in [2.05, 4.69) is 11.4 Å². The van der Waals surface area contributed by atoms with Crippen molar-refractivity contribution >= 4 is 23.2 Å². The van der Waals surface area contributed by atoms with Crippen LogP contribution in [-0.2, 0) is 4.79 Å². The molecule has 1 aliphatic rings. The smallest absolute Gasteiger partial charge is 0.244 e. The Morgan fingerprint density at radius 1 is 1.44 bits per heavy atom. The average Bonchev–Trinajstić information content (AvgIpc) is 2.84. The zero-order valence-electron chi connectivity index (χ0n) is 9.67. The molecular weight excluding hydrogens is 255 g/mol. The Hall–Kier alpha value is -1.60. The van der Waals surface area contributed by atoms with Gasteiger partial charge in [-0.05, 0) is 31.0 Å². The highest BCUT2D eigenvalue weighted by atomic mass is 35.5. The summed E-state index contributed by atoms with van der Waals surface area (Å²) in [7, 11) is 0. The van der Waals surface area contributed by atoms with Crippen LogP contribution < -0.4 is 5.32 Å². The number of nitrogens with zero attached hydrogens (tertiary/aromatic N) is 1. The van der Waals surface area contributed by atoms with Gasteiger partial charge in [-0.2, -0.15) is 5.26 Å². The van der Waals surface area contributed by atoms with E-state index in [1.54, 1.807) is 0 Å². The van der Waals surface area contributed by atoms with Gasteiger partial charge in [0.25, 0.3) is 0 Å². The van der Waals surface area contributed by atoms with Crippen LogP contribution in [0.15, 0.2) is 18.2 Å². The van der Waals surface area contributed by atoms with E-state index < -0.39 is 11.2 Å². The Kier molecular flexibility index (Phi) is 3.53. The van der Waals surface area contributed by atoms with Crippen LogP contribution in [0.5, 0.6) is 0 Å². The standard InChI is InChI=1S/C13H12ClFN2O/c14-10-7-9(3-4-11(10)15)17-12(18)13(8-16)5-1-2-6-13/h3-4,7H,1-2,5-6H2,(H,17,18). The molecule has 1 amide bonds. The molecule has 0 atom stereocenters. The Bertz CT molecular complexity index is 518. The summed E-state index contributed by atoms with van der Waals surface area (Å²) in [5.41, 5.74) is -0.533. The summed E-state index contributed by atoms with van der Waals surface area (Å²) in [5.74, 6) is -0.865. The van der Waals surface area contributed by atoms with Crippen molar-refractivity contribution in [3.63, 3.8) is 0 Å². The molecule has 0 bridgehead atoms. The van der Waals surface area contributed by atoms with Crippen molar-refractivity contribution < 1.29 is 9.18 Å². The lowest BCUT2D eigenvalue weighted by Gasteiger charge is -2.19. The summed E-state index contributed by atoms with van der Waals surface area (Å²) in [4.78, 5) is 12.1. The maximum absolute atomic E-state index is 13.0. The normalized spacial score (nSPS) is 17.2. The van der Waals surface area contributed by atoms with Gasteiger partial charge in [-0.15, -0.1) is 0 Å². The van der Waals surface area contributed by atoms with Gasteiger partial charge in [-0.3, -0.25) is 4.79 Å². The molecule has 1 N–H and O–H groups in total. The SMILES string of the molecule is N#CC1(C(=O)Nc2ccc(F)c(Cl)c2)CCCC1. The zero-order valence-corrected chi connectivity index (χ0v) is 10.4. The number of benzene rings is 1. The molecule has 0 radical (unpaired) electrons. The monoisotopic (exact) mass is 266 g/mol. The number of carbonyl (C=O) groups excluding carboxylic acids is 1. The highest BCUT2D eigenvalue weighted by Gasteiger charge is 2.41. The third kappa shape index (κ3) is 2.32. The first-order chi connectivity index (χ1) is 8.57. The topological polar surface area (TPSA) is 52.9 Å². The number of halogens is 2. The second-order valence-corrected chi connectivity index (χ2v) is 4.89. The molecule has 1 saturated carbocycles. The Morgan fingerprint density at radius 2 is 2.11 bits per heavy atom. The molecule has 1 aromatic rings. The van der Waals surface area contributed by atoms with E-state index in [0.717, 1.165) is 12.8 Å². The average molecular weight is 267 g/mol. The minimum atomic E-state index is -0.944. The molecule has 3 nitrogen and oxygen atoms in total. The van der Waals surface area contributed by atoms with Crippen LogP contribution in [0, 0.1) is 22.6 Å². The van der Waals surface area contributed by atoms with Crippen LogP contribution in [0.25, 0.3) is 0 Å². The molecule has 1 aromatic carbocycles. The molecule has 2 rings (SSSR count). The molecule has 0 aromatic heterocycles. The third-order valence-electron chi connectivity index (χ3n) is 3.28. The van der Waals surface area contributed by atoms with Crippen molar-refractivity contribution in [2.75, 3.05) is 5.32 Å². The molecule has 18 heavy (non-hydrogen) atoms. The second-order valence-electron chi connectivity index (χ2n) is 4.48. The van der Waals surface area contributed by atoms with E-state index in [4.69, 9.17) is 16.9 Å². The maximum Gasteiger partial charge on any atom is 0.244 e. The summed E-state index contributed by atoms with van der Waals surface area (Å²) in [5, 5.41) is 11.7. The van der Waals surface area contributed by atoms with E-state index in [1.165, 1.54) is 18.2 Å². The van der Waals surface area contributed by atoms with Crippen molar-refractivity contribution in [1.82, 2.24) is 0 Å². The number of anilines is 1. The lowest BCUT2D eigenvalue weighted by molar-refractivity contribution is -0.122. The zero-order chi connectivity index (χ0) is 13.2. The van der Waals surface area contributed by atoms with Crippen LogP contribution in [0.2, 0.25) is 5.02 Å². The number of nitriles is 1. The van der Waals surface area contributed by atoms with E-state index in [9.17, 15) is 9.18 Å². The number of hydrogen-bond donors (Lipinski definition) is 1. The van der Waals surface area contributed by atoms with Crippen LogP contribution in [0.3, 0.4) is 0 Å². The molecule has 0 aliphatic heterocycles. The summed E-state index contributed by atoms with van der Waals surface area (Å²) >= 11 is 5.63. The first-order valence-electron chi connectivity index (χ1n) is 5.75. The summed E-state index contributed by atoms with van der Waals surface area (Å²) < 4.78 is 13.0. The van der Waals surface area contributed by atoms with Crippen LogP contribution >= 0.6 is 11.6 Å². The molecule has 5 heteroatoms. The molecule has 0 saturated heterocycles. The van der Waals surface area contributed by atoms with E-state index in [1.807, 2.05) is 0 Å². The molecule has 1 fully saturated rings. The van der Waals surface area contributed by atoms with Gasteiger partial charge in [0.15, 0.2) is 0 Å². The van der Waals surface area contributed by atoms with Gasteiger partial charge in [0.05, 0.1) is 11.1 Å². The number of nitrogens with one attached hydrogen (secondary N) is 1. The summed E-state index contributed by atoms with van der Waals surface area (Å²) in [6.07, 6.45) is 2.91. The molecule has 0 spiro atoms. The first kappa shape index (κ1) is 12.8. The van der Waals surface area contributed by atoms with Gasteiger partial charge in [-0.25, -0.2) is 4.39 Å². The fourth-order valence-electron chi connectivity index (χ4n) is 2.19. The predicted molar refractivity (Wildman–Crippen MR) is 66.6 cm³/mol. The van der Waals surface area contributed by atoms with Gasteiger partial charge < -0.3 is 5.32 Å². The number of rotatable bonds is 2. The Morgan fingerprint density at radius 3 is 2.67 bits per heavy atom. The minimum Gasteiger partial charge on any atom is -0.325 e. The van der Waals surface area contributed by atoms with E-state index >= 15 is 0 Å². The third-order valence-corrected chi connectivity index (χ3v) is 3.57. The summed E-state index contributed by atoms with van der Waals surface area (Å²) in [6.45, 7) is 0. The molecular formula is C13H12ClFN2O. The van der Waals surface area contributed by atoms with Gasteiger partial charge in [0.2, 0.25) is 5.91 Å². The van der Waals surface area contributed by atoms with Crippen molar-refractivity contribution in [2.45, 2.75) is 25.7 Å². The van der Waals surface area contributed by atoms with Crippen LogP contribution in [0.1, 0.15) is 25.7 Å². The highest BCUT2D eigenvalue weighted by Crippen LogP contribution is 2.38. The molecule has 1 aliphatic carbocycles. The highest BCUT2D eigenvalue weighted by molar-refractivity contribution is 6.31. The molecule has 0 unspecified atom stereocenters. The van der Waals surface area contributed by atoms with Crippen LogP contribution in [0.4, 0.5) is 10.1 Å². The van der Waals surface area contributed by atoms with Gasteiger partial charge in [0, 0.05) is 5.69 Å². The molecule has 0 heterocycles. The van der Waals surface area contributed by atoms with Crippen molar-refractivity contribution in [2.24, 2.45) is 5.41 Å². The Balaban J connectivity index is 2.16. The summed E-state index contributed by atoms with van der Waals surface area (Å²) in [6, 6.07) is 6.06. The van der Waals surface area contributed by atoms with Gasteiger partial charge in [-0.1, -0.05) is 24.4 Å². The lowest BCUT2D eigenvalue weighted by atomic mass is 9.87. The largest absolute Gasteiger partial charge is 0.325 e. The molecule has 94 valence electrons. The minimum absolute atomic E-state index is 0.0507. The number of amides is 1. The van der Waals surface area contributed by atoms with E-state index in [0.29, 0.717) is 18.5 Å². The number of carbonyl (C=O) groups is 1. The van der Waals surface area contributed by atoms with Gasteiger partial charge in [0.1, 0.15) is 11.2 Å². The first-order valence-corrected chi connectivity index (χ1v) is 6.13. The Labute approximate surface area is 110 Å². The van der Waals surface area contributed by atoms with Gasteiger partial charge >= 0.3 is 0 Å². The fourth-order valence-corrected chi connectivity index (χ4v) is 2.37. The fraction of sp³-hybridized carbons (Fsp3) is 0.385. The number of hydrogen-bond acceptors (Lipinski definition) is 2. The lowest BCUT2D eigenvalue weighted by Crippen LogP contribution is -2.32. The predicted octanol–water partition coefficient (Wildman–Crippen LogP) is 3.50. The van der Waals surface area contributed by atoms with E-state index in [-0.39, 0.29) is 10.9 Å². The van der Waals surface area contributed by atoms with Crippen LogP contribution in [-0.4, -0.2) is 5.91 Å².